The van der Waals surface area contributed by atoms with Crippen molar-refractivity contribution < 1.29 is 47.2 Å². The van der Waals surface area contributed by atoms with Crippen molar-refractivity contribution >= 4 is 11.9 Å². The average Bonchev–Trinajstić information content (AvgIpc) is 2.86. The van der Waals surface area contributed by atoms with E-state index in [2.05, 4.69) is 0 Å². The average molecular weight is 551 g/mol. The van der Waals surface area contributed by atoms with Crippen molar-refractivity contribution in [3.8, 4) is 0 Å². The summed E-state index contributed by atoms with van der Waals surface area (Å²) in [6.07, 6.45) is 0. The zero-order valence-electron chi connectivity index (χ0n) is 22.0. The van der Waals surface area contributed by atoms with Crippen LogP contribution in [0.2, 0.25) is 0 Å². The largest absolute Gasteiger partial charge is 0.480 e. The molecule has 0 bridgehead atoms. The summed E-state index contributed by atoms with van der Waals surface area (Å²) in [5, 5.41) is 16.8. The predicted octanol–water partition coefficient (Wildman–Crippen LogP) is 5.43. The SMILES string of the molecule is CC(C)(C)OC(=O)COCc1ccc(F)cc1.O=C(O)COCc1ccc(F)cc1.OCc1ccc(F)cc1. The second-order valence-electron chi connectivity index (χ2n) is 9.00. The number of esters is 1. The van der Waals surface area contributed by atoms with Crippen LogP contribution >= 0.6 is 0 Å². The highest BCUT2D eigenvalue weighted by atomic mass is 19.1. The zero-order chi connectivity index (χ0) is 29.3. The number of hydrogen-bond acceptors (Lipinski definition) is 6. The lowest BCUT2D eigenvalue weighted by atomic mass is 10.2. The molecule has 0 amide bonds. The van der Waals surface area contributed by atoms with Gasteiger partial charge in [-0.05, 0) is 73.9 Å². The number of carbonyl (C=O) groups excluding carboxylic acids is 1. The van der Waals surface area contributed by atoms with Crippen LogP contribution in [0.4, 0.5) is 13.2 Å². The molecule has 7 nitrogen and oxygen atoms in total. The fourth-order valence-corrected chi connectivity index (χ4v) is 2.63. The lowest BCUT2D eigenvalue weighted by Crippen LogP contribution is -2.26. The normalized spacial score (nSPS) is 10.4. The fourth-order valence-electron chi connectivity index (χ4n) is 2.63. The van der Waals surface area contributed by atoms with Gasteiger partial charge in [0.15, 0.2) is 0 Å². The van der Waals surface area contributed by atoms with E-state index in [1.807, 2.05) is 0 Å². The van der Waals surface area contributed by atoms with Gasteiger partial charge in [0, 0.05) is 0 Å². The molecule has 39 heavy (non-hydrogen) atoms. The Hall–Kier alpha value is -3.73. The van der Waals surface area contributed by atoms with E-state index in [1.54, 1.807) is 57.2 Å². The minimum Gasteiger partial charge on any atom is -0.480 e. The van der Waals surface area contributed by atoms with Gasteiger partial charge in [-0.1, -0.05) is 36.4 Å². The van der Waals surface area contributed by atoms with Crippen LogP contribution in [0.1, 0.15) is 37.5 Å². The number of carboxylic acid groups (broad SMARTS) is 1. The summed E-state index contributed by atoms with van der Waals surface area (Å²) < 4.78 is 52.2. The van der Waals surface area contributed by atoms with Gasteiger partial charge in [-0.25, -0.2) is 22.8 Å². The van der Waals surface area contributed by atoms with Gasteiger partial charge in [-0.2, -0.15) is 0 Å². The summed E-state index contributed by atoms with van der Waals surface area (Å²) in [5.74, 6) is -2.29. The summed E-state index contributed by atoms with van der Waals surface area (Å²) in [7, 11) is 0. The molecule has 3 rings (SSSR count). The quantitative estimate of drug-likeness (QED) is 0.343. The van der Waals surface area contributed by atoms with Crippen molar-refractivity contribution in [2.75, 3.05) is 13.2 Å². The second-order valence-corrected chi connectivity index (χ2v) is 9.00. The van der Waals surface area contributed by atoms with E-state index in [4.69, 9.17) is 24.4 Å². The van der Waals surface area contributed by atoms with E-state index in [0.717, 1.165) is 16.7 Å². The second kappa shape index (κ2) is 17.7. The number of halogens is 3. The summed E-state index contributed by atoms with van der Waals surface area (Å²) in [4.78, 5) is 21.4. The van der Waals surface area contributed by atoms with Crippen molar-refractivity contribution in [1.29, 1.82) is 0 Å². The molecule has 3 aromatic carbocycles. The van der Waals surface area contributed by atoms with Crippen LogP contribution < -0.4 is 0 Å². The molecule has 0 saturated carbocycles. The molecule has 0 aliphatic rings. The molecule has 0 heterocycles. The van der Waals surface area contributed by atoms with Crippen molar-refractivity contribution in [2.24, 2.45) is 0 Å². The number of ether oxygens (including phenoxy) is 3. The van der Waals surface area contributed by atoms with Crippen molar-refractivity contribution in [2.45, 2.75) is 46.2 Å². The van der Waals surface area contributed by atoms with Crippen LogP contribution in [0.3, 0.4) is 0 Å². The Balaban J connectivity index is 0.000000307. The molecule has 0 spiro atoms. The van der Waals surface area contributed by atoms with E-state index in [0.29, 0.717) is 0 Å². The minimum absolute atomic E-state index is 0.0275. The molecule has 0 aliphatic carbocycles. The van der Waals surface area contributed by atoms with Crippen LogP contribution in [-0.2, 0) is 43.6 Å². The number of rotatable bonds is 9. The standard InChI is InChI=1S/C13H17FO3.C9H9FO3.C7H7FO/c1-13(2,3)17-12(15)9-16-8-10-4-6-11(14)7-5-10;10-8-3-1-7(2-4-8)5-13-6-9(11)12;8-7-3-1-6(5-9)2-4-7/h4-7H,8-9H2,1-3H3;1-4H,5-6H2,(H,11,12);1-4,9H,5H2. The minimum atomic E-state index is -1.01. The van der Waals surface area contributed by atoms with Gasteiger partial charge < -0.3 is 24.4 Å². The van der Waals surface area contributed by atoms with Crippen molar-refractivity contribution in [3.63, 3.8) is 0 Å². The van der Waals surface area contributed by atoms with Crippen molar-refractivity contribution in [3.05, 3.63) is 107 Å². The third-order valence-electron chi connectivity index (χ3n) is 4.33. The molecule has 0 atom stereocenters. The molecule has 10 heteroatoms. The number of carbonyl (C=O) groups is 2. The molecule has 0 radical (unpaired) electrons. The number of carboxylic acids is 1. The maximum absolute atomic E-state index is 12.6. The molecular formula is C29H33F3O7. The first-order valence-corrected chi connectivity index (χ1v) is 11.8. The van der Waals surface area contributed by atoms with Crippen LogP contribution in [0.25, 0.3) is 0 Å². The van der Waals surface area contributed by atoms with E-state index in [9.17, 15) is 22.8 Å². The molecule has 212 valence electrons. The third-order valence-corrected chi connectivity index (χ3v) is 4.33. The monoisotopic (exact) mass is 550 g/mol. The third kappa shape index (κ3) is 17.4. The Morgan fingerprint density at radius 1 is 0.667 bits per heavy atom. The maximum atomic E-state index is 12.6. The Morgan fingerprint density at radius 2 is 1.03 bits per heavy atom. The Bertz CT molecular complexity index is 1110. The molecule has 0 aliphatic heterocycles. The summed E-state index contributed by atoms with van der Waals surface area (Å²) in [5.41, 5.74) is 1.80. The smallest absolute Gasteiger partial charge is 0.332 e. The molecule has 0 saturated heterocycles. The summed E-state index contributed by atoms with van der Waals surface area (Å²) in [6, 6.07) is 17.4. The maximum Gasteiger partial charge on any atom is 0.332 e. The number of aliphatic hydroxyl groups excluding tert-OH is 1. The van der Waals surface area contributed by atoms with E-state index in [1.165, 1.54) is 36.4 Å². The molecular weight excluding hydrogens is 517 g/mol. The first kappa shape index (κ1) is 33.3. The van der Waals surface area contributed by atoms with Crippen LogP contribution in [0.15, 0.2) is 72.8 Å². The molecule has 3 aromatic rings. The Kier molecular flexibility index (Phi) is 15.1. The van der Waals surface area contributed by atoms with Gasteiger partial charge in [0.2, 0.25) is 0 Å². The highest BCUT2D eigenvalue weighted by Gasteiger charge is 2.16. The summed E-state index contributed by atoms with van der Waals surface area (Å²) in [6.45, 7) is 5.37. The first-order valence-electron chi connectivity index (χ1n) is 11.8. The number of hydrogen-bond donors (Lipinski definition) is 2. The van der Waals surface area contributed by atoms with Crippen LogP contribution in [-0.4, -0.2) is 41.0 Å². The lowest BCUT2D eigenvalue weighted by Gasteiger charge is -2.19. The van der Waals surface area contributed by atoms with E-state index >= 15 is 0 Å². The van der Waals surface area contributed by atoms with Gasteiger partial charge in [0.25, 0.3) is 0 Å². The Labute approximate surface area is 225 Å². The topological polar surface area (TPSA) is 102 Å². The van der Waals surface area contributed by atoms with E-state index in [-0.39, 0.29) is 50.5 Å². The van der Waals surface area contributed by atoms with Crippen LogP contribution in [0, 0.1) is 17.5 Å². The molecule has 0 fully saturated rings. The zero-order valence-corrected chi connectivity index (χ0v) is 22.0. The fraction of sp³-hybridized carbons (Fsp3) is 0.310. The molecule has 0 aromatic heterocycles. The van der Waals surface area contributed by atoms with Gasteiger partial charge in [-0.15, -0.1) is 0 Å². The molecule has 0 unspecified atom stereocenters. The van der Waals surface area contributed by atoms with Gasteiger partial charge in [0.1, 0.15) is 36.3 Å². The summed E-state index contributed by atoms with van der Waals surface area (Å²) >= 11 is 0. The highest BCUT2D eigenvalue weighted by molar-refractivity contribution is 5.71. The van der Waals surface area contributed by atoms with Gasteiger partial charge in [-0.3, -0.25) is 0 Å². The predicted molar refractivity (Wildman–Crippen MR) is 138 cm³/mol. The van der Waals surface area contributed by atoms with Gasteiger partial charge in [0.05, 0.1) is 19.8 Å². The highest BCUT2D eigenvalue weighted by Crippen LogP contribution is 2.08. The number of aliphatic carboxylic acids is 1. The van der Waals surface area contributed by atoms with E-state index < -0.39 is 17.5 Å². The lowest BCUT2D eigenvalue weighted by molar-refractivity contribution is -0.160. The van der Waals surface area contributed by atoms with Crippen LogP contribution in [0.5, 0.6) is 0 Å². The van der Waals surface area contributed by atoms with Gasteiger partial charge >= 0.3 is 11.9 Å². The molecule has 2 N–H and O–H groups in total. The number of aliphatic hydroxyl groups is 1. The first-order chi connectivity index (χ1) is 18.4. The number of benzene rings is 3. The Morgan fingerprint density at radius 3 is 1.36 bits per heavy atom. The van der Waals surface area contributed by atoms with Crippen molar-refractivity contribution in [1.82, 2.24) is 0 Å².